The molecule has 2 aromatic carbocycles. The number of furan rings is 1. The summed E-state index contributed by atoms with van der Waals surface area (Å²) in [7, 11) is 5.13. The van der Waals surface area contributed by atoms with Gasteiger partial charge in [-0.05, 0) is 49.4 Å². The minimum atomic E-state index is -0.181. The Bertz CT molecular complexity index is 1620. The SMILES string of the molecule is COc1ccc(OC)c(-c2csc(=Nc3c(C)n(C)n(-c4ccccc4)c3=O)n2Cc2ccco2)c1. The maximum absolute atomic E-state index is 13.5. The van der Waals surface area contributed by atoms with E-state index in [1.165, 1.54) is 11.3 Å². The maximum Gasteiger partial charge on any atom is 0.297 e. The van der Waals surface area contributed by atoms with E-state index in [1.807, 2.05) is 89.3 Å². The molecule has 0 spiro atoms. The van der Waals surface area contributed by atoms with Gasteiger partial charge in [0.15, 0.2) is 10.5 Å². The molecule has 5 rings (SSSR count). The molecule has 0 bridgehead atoms. The van der Waals surface area contributed by atoms with Crippen molar-refractivity contribution in [1.82, 2.24) is 13.9 Å². The monoisotopic (exact) mass is 502 g/mol. The van der Waals surface area contributed by atoms with Crippen LogP contribution in [0.25, 0.3) is 16.9 Å². The Kier molecular flexibility index (Phi) is 6.39. The van der Waals surface area contributed by atoms with Gasteiger partial charge in [-0.25, -0.2) is 9.67 Å². The van der Waals surface area contributed by atoms with Crippen LogP contribution in [0, 0.1) is 6.92 Å². The van der Waals surface area contributed by atoms with E-state index < -0.39 is 0 Å². The molecule has 0 saturated heterocycles. The van der Waals surface area contributed by atoms with E-state index in [1.54, 1.807) is 25.2 Å². The van der Waals surface area contributed by atoms with Gasteiger partial charge in [0.25, 0.3) is 5.56 Å². The summed E-state index contributed by atoms with van der Waals surface area (Å²) in [5, 5.41) is 2.01. The molecule has 0 saturated carbocycles. The fraction of sp³-hybridized carbons (Fsp3) is 0.185. The lowest BCUT2D eigenvalue weighted by molar-refractivity contribution is 0.404. The molecule has 3 aromatic heterocycles. The molecular weight excluding hydrogens is 476 g/mol. The topological polar surface area (TPSA) is 75.8 Å². The summed E-state index contributed by atoms with van der Waals surface area (Å²) in [6.07, 6.45) is 1.64. The van der Waals surface area contributed by atoms with Crippen molar-refractivity contribution in [2.24, 2.45) is 12.0 Å². The van der Waals surface area contributed by atoms with Gasteiger partial charge in [0.1, 0.15) is 17.3 Å². The highest BCUT2D eigenvalue weighted by atomic mass is 32.1. The molecule has 0 amide bonds. The summed E-state index contributed by atoms with van der Waals surface area (Å²) in [5.41, 5.74) is 3.49. The number of nitrogens with zero attached hydrogens (tertiary/aromatic N) is 4. The summed E-state index contributed by atoms with van der Waals surface area (Å²) in [6.45, 7) is 2.33. The quantitative estimate of drug-likeness (QED) is 0.317. The highest BCUT2D eigenvalue weighted by molar-refractivity contribution is 7.07. The maximum atomic E-state index is 13.5. The number of hydrogen-bond acceptors (Lipinski definition) is 6. The first kappa shape index (κ1) is 23.5. The summed E-state index contributed by atoms with van der Waals surface area (Å²) in [6, 6.07) is 19.0. The number of methoxy groups -OCH3 is 2. The second-order valence-corrected chi connectivity index (χ2v) is 8.99. The van der Waals surface area contributed by atoms with Crippen molar-refractivity contribution >= 4 is 17.0 Å². The Morgan fingerprint density at radius 2 is 1.83 bits per heavy atom. The van der Waals surface area contributed by atoms with Crippen LogP contribution in [-0.2, 0) is 13.6 Å². The third-order valence-electron chi connectivity index (χ3n) is 6.11. The van der Waals surface area contributed by atoms with Crippen LogP contribution in [0.5, 0.6) is 11.5 Å². The number of benzene rings is 2. The highest BCUT2D eigenvalue weighted by Gasteiger charge is 2.19. The average molecular weight is 503 g/mol. The van der Waals surface area contributed by atoms with Crippen LogP contribution in [0.3, 0.4) is 0 Å². The molecule has 0 atom stereocenters. The molecule has 3 heterocycles. The third kappa shape index (κ3) is 4.18. The van der Waals surface area contributed by atoms with Crippen molar-refractivity contribution in [3.8, 4) is 28.4 Å². The molecule has 0 aliphatic rings. The van der Waals surface area contributed by atoms with E-state index in [0.29, 0.717) is 28.5 Å². The van der Waals surface area contributed by atoms with Crippen LogP contribution in [0.2, 0.25) is 0 Å². The highest BCUT2D eigenvalue weighted by Crippen LogP contribution is 2.34. The van der Waals surface area contributed by atoms with Crippen molar-refractivity contribution in [2.45, 2.75) is 13.5 Å². The fourth-order valence-corrected chi connectivity index (χ4v) is 5.04. The van der Waals surface area contributed by atoms with Gasteiger partial charge in [0.2, 0.25) is 0 Å². The van der Waals surface area contributed by atoms with Gasteiger partial charge in [0.05, 0.1) is 44.1 Å². The predicted octanol–water partition coefficient (Wildman–Crippen LogP) is 4.91. The van der Waals surface area contributed by atoms with Crippen molar-refractivity contribution in [1.29, 1.82) is 0 Å². The van der Waals surface area contributed by atoms with Crippen LogP contribution in [0.4, 0.5) is 5.69 Å². The Labute approximate surface area is 211 Å². The van der Waals surface area contributed by atoms with E-state index in [9.17, 15) is 4.79 Å². The second kappa shape index (κ2) is 9.79. The van der Waals surface area contributed by atoms with Gasteiger partial charge < -0.3 is 18.5 Å². The molecule has 36 heavy (non-hydrogen) atoms. The van der Waals surface area contributed by atoms with E-state index >= 15 is 0 Å². The van der Waals surface area contributed by atoms with E-state index in [2.05, 4.69) is 0 Å². The number of hydrogen-bond donors (Lipinski definition) is 0. The lowest BCUT2D eigenvalue weighted by Crippen LogP contribution is -2.20. The van der Waals surface area contributed by atoms with Crippen molar-refractivity contribution < 1.29 is 13.9 Å². The zero-order chi connectivity index (χ0) is 25.2. The smallest absolute Gasteiger partial charge is 0.297 e. The van der Waals surface area contributed by atoms with Gasteiger partial charge in [-0.2, -0.15) is 0 Å². The van der Waals surface area contributed by atoms with Gasteiger partial charge in [0, 0.05) is 18.0 Å². The van der Waals surface area contributed by atoms with E-state index in [0.717, 1.165) is 28.4 Å². The number of ether oxygens (including phenoxy) is 2. The zero-order valence-corrected chi connectivity index (χ0v) is 21.3. The van der Waals surface area contributed by atoms with Crippen LogP contribution < -0.4 is 19.8 Å². The minimum absolute atomic E-state index is 0.181. The Morgan fingerprint density at radius 3 is 2.53 bits per heavy atom. The van der Waals surface area contributed by atoms with E-state index in [-0.39, 0.29) is 5.56 Å². The number of para-hydroxylation sites is 1. The lowest BCUT2D eigenvalue weighted by Gasteiger charge is -2.13. The van der Waals surface area contributed by atoms with Gasteiger partial charge in [-0.1, -0.05) is 18.2 Å². The summed E-state index contributed by atoms with van der Waals surface area (Å²) in [4.78, 5) is 19.0. The average Bonchev–Trinajstić information content (AvgIpc) is 3.61. The molecule has 0 fully saturated rings. The molecule has 5 aromatic rings. The normalized spacial score (nSPS) is 11.7. The molecule has 0 aliphatic carbocycles. The standard InChI is InChI=1S/C27H26N4O4S/c1-18-25(26(32)31(29(18)2)19-9-6-5-7-10-19)28-27-30(16-21-11-8-14-35-21)23(17-36-27)22-15-20(33-3)12-13-24(22)34-4/h5-15,17H,16H2,1-4H3. The Hall–Kier alpha value is -4.24. The Balaban J connectivity index is 1.73. The number of aromatic nitrogens is 3. The molecule has 0 radical (unpaired) electrons. The molecule has 8 nitrogen and oxygen atoms in total. The molecule has 0 unspecified atom stereocenters. The largest absolute Gasteiger partial charge is 0.497 e. The minimum Gasteiger partial charge on any atom is -0.497 e. The fourth-order valence-electron chi connectivity index (χ4n) is 4.14. The van der Waals surface area contributed by atoms with Gasteiger partial charge >= 0.3 is 0 Å². The first-order chi connectivity index (χ1) is 17.5. The molecule has 184 valence electrons. The van der Waals surface area contributed by atoms with Crippen molar-refractivity contribution in [3.63, 3.8) is 0 Å². The van der Waals surface area contributed by atoms with Crippen molar-refractivity contribution in [3.05, 3.63) is 98.9 Å². The van der Waals surface area contributed by atoms with Crippen molar-refractivity contribution in [2.75, 3.05) is 14.2 Å². The van der Waals surface area contributed by atoms with Crippen LogP contribution >= 0.6 is 11.3 Å². The van der Waals surface area contributed by atoms with Gasteiger partial charge in [-0.3, -0.25) is 9.48 Å². The molecule has 0 aliphatic heterocycles. The van der Waals surface area contributed by atoms with Crippen LogP contribution in [0.15, 0.2) is 86.5 Å². The Morgan fingerprint density at radius 1 is 1.03 bits per heavy atom. The van der Waals surface area contributed by atoms with Crippen LogP contribution in [0.1, 0.15) is 11.5 Å². The predicted molar refractivity (Wildman–Crippen MR) is 140 cm³/mol. The molecule has 0 N–H and O–H groups in total. The van der Waals surface area contributed by atoms with Crippen LogP contribution in [-0.4, -0.2) is 28.2 Å². The summed E-state index contributed by atoms with van der Waals surface area (Å²) in [5.74, 6) is 2.19. The molecule has 9 heteroatoms. The molecular formula is C27H26N4O4S. The first-order valence-electron chi connectivity index (χ1n) is 11.3. The van der Waals surface area contributed by atoms with Gasteiger partial charge in [-0.15, -0.1) is 11.3 Å². The third-order valence-corrected chi connectivity index (χ3v) is 6.97. The number of rotatable bonds is 7. The zero-order valence-electron chi connectivity index (χ0n) is 20.5. The first-order valence-corrected chi connectivity index (χ1v) is 12.2. The summed E-state index contributed by atoms with van der Waals surface area (Å²) >= 11 is 1.45. The second-order valence-electron chi connectivity index (χ2n) is 8.16. The number of thiazole rings is 1. The lowest BCUT2D eigenvalue weighted by atomic mass is 10.1. The summed E-state index contributed by atoms with van der Waals surface area (Å²) < 4.78 is 22.2. The van der Waals surface area contributed by atoms with E-state index in [4.69, 9.17) is 18.9 Å².